The molecule has 0 saturated heterocycles. The molecule has 104 valence electrons. The maximum absolute atomic E-state index is 5.49. The number of hydrogen-bond donors (Lipinski definition) is 0. The van der Waals surface area contributed by atoms with Crippen molar-refractivity contribution in [3.8, 4) is 0 Å². The van der Waals surface area contributed by atoms with Crippen LogP contribution < -0.4 is 0 Å². The zero-order valence-corrected chi connectivity index (χ0v) is 12.3. The Labute approximate surface area is 107 Å². The van der Waals surface area contributed by atoms with Crippen LogP contribution in [0.2, 0.25) is 0 Å². The highest BCUT2D eigenvalue weighted by Crippen LogP contribution is 2.17. The number of rotatable bonds is 10. The van der Waals surface area contributed by atoms with Crippen molar-refractivity contribution in [2.45, 2.75) is 41.0 Å². The summed E-state index contributed by atoms with van der Waals surface area (Å²) in [5, 5.41) is 0. The zero-order chi connectivity index (χ0) is 13.1. The summed E-state index contributed by atoms with van der Waals surface area (Å²) in [5.74, 6) is 0.593. The maximum atomic E-state index is 5.49. The van der Waals surface area contributed by atoms with Crippen LogP contribution in [0.4, 0.5) is 0 Å². The predicted octanol–water partition coefficient (Wildman–Crippen LogP) is 3.13. The lowest BCUT2D eigenvalue weighted by Gasteiger charge is -2.17. The van der Waals surface area contributed by atoms with Crippen LogP contribution in [0.5, 0.6) is 0 Å². The van der Waals surface area contributed by atoms with Crippen molar-refractivity contribution < 1.29 is 14.2 Å². The fourth-order valence-corrected chi connectivity index (χ4v) is 1.14. The van der Waals surface area contributed by atoms with Crippen molar-refractivity contribution >= 4 is 0 Å². The fourth-order valence-electron chi connectivity index (χ4n) is 1.14. The van der Waals surface area contributed by atoms with E-state index in [0.717, 1.165) is 19.6 Å². The fraction of sp³-hybridized carbons (Fsp3) is 1.00. The highest BCUT2D eigenvalue weighted by Gasteiger charge is 2.08. The summed E-state index contributed by atoms with van der Waals surface area (Å²) in [7, 11) is 0. The van der Waals surface area contributed by atoms with Crippen molar-refractivity contribution in [2.24, 2.45) is 11.3 Å². The molecule has 0 aliphatic rings. The van der Waals surface area contributed by atoms with E-state index in [2.05, 4.69) is 34.6 Å². The highest BCUT2D eigenvalue weighted by atomic mass is 16.5. The van der Waals surface area contributed by atoms with Gasteiger partial charge in [0.2, 0.25) is 0 Å². The lowest BCUT2D eigenvalue weighted by molar-refractivity contribution is 0.00601. The molecule has 0 atom stereocenters. The topological polar surface area (TPSA) is 27.7 Å². The van der Waals surface area contributed by atoms with E-state index in [4.69, 9.17) is 14.2 Å². The molecule has 0 radical (unpaired) electrons. The Balaban J connectivity index is 3.04. The van der Waals surface area contributed by atoms with Crippen LogP contribution in [-0.2, 0) is 14.2 Å². The Hall–Kier alpha value is -0.120. The average Bonchev–Trinajstić information content (AvgIpc) is 2.18. The van der Waals surface area contributed by atoms with E-state index >= 15 is 0 Å². The molecule has 3 heteroatoms. The monoisotopic (exact) mass is 246 g/mol. The molecule has 0 saturated carbocycles. The van der Waals surface area contributed by atoms with Gasteiger partial charge >= 0.3 is 0 Å². The lowest BCUT2D eigenvalue weighted by Crippen LogP contribution is -2.14. The minimum absolute atomic E-state index is 0.353. The van der Waals surface area contributed by atoms with E-state index in [1.165, 1.54) is 0 Å². The summed E-state index contributed by atoms with van der Waals surface area (Å²) in [6.45, 7) is 15.3. The molecule has 0 aromatic heterocycles. The Morgan fingerprint density at radius 3 is 1.71 bits per heavy atom. The van der Waals surface area contributed by atoms with Gasteiger partial charge in [0.15, 0.2) is 0 Å². The minimum atomic E-state index is 0.353. The van der Waals surface area contributed by atoms with Crippen LogP contribution in [0.3, 0.4) is 0 Å². The maximum Gasteiger partial charge on any atom is 0.0701 e. The van der Waals surface area contributed by atoms with Crippen LogP contribution in [0.15, 0.2) is 0 Å². The van der Waals surface area contributed by atoms with Gasteiger partial charge in [-0.3, -0.25) is 0 Å². The molecule has 0 aromatic carbocycles. The largest absolute Gasteiger partial charge is 0.379 e. The molecule has 0 fully saturated rings. The first-order valence-corrected chi connectivity index (χ1v) is 6.65. The summed E-state index contributed by atoms with van der Waals surface area (Å²) in [6, 6.07) is 0. The second-order valence-corrected chi connectivity index (χ2v) is 6.00. The van der Waals surface area contributed by atoms with Crippen molar-refractivity contribution in [2.75, 3.05) is 39.6 Å². The van der Waals surface area contributed by atoms with Crippen LogP contribution in [0, 0.1) is 11.3 Å². The third-order valence-corrected chi connectivity index (χ3v) is 2.19. The SMILES string of the molecule is CC(C)COCCOCCOCCC(C)(C)C. The minimum Gasteiger partial charge on any atom is -0.379 e. The van der Waals surface area contributed by atoms with Gasteiger partial charge in [-0.05, 0) is 17.8 Å². The molecule has 0 rings (SSSR count). The Bertz CT molecular complexity index is 161. The molecule has 17 heavy (non-hydrogen) atoms. The van der Waals surface area contributed by atoms with Crippen molar-refractivity contribution in [3.05, 3.63) is 0 Å². The molecule has 3 nitrogen and oxygen atoms in total. The van der Waals surface area contributed by atoms with Gasteiger partial charge in [-0.1, -0.05) is 34.6 Å². The summed E-state index contributed by atoms with van der Waals surface area (Å²) >= 11 is 0. The van der Waals surface area contributed by atoms with Gasteiger partial charge in [0.1, 0.15) is 0 Å². The van der Waals surface area contributed by atoms with E-state index < -0.39 is 0 Å². The lowest BCUT2D eigenvalue weighted by atomic mass is 9.93. The molecule has 0 aromatic rings. The first kappa shape index (κ1) is 16.9. The molecule has 0 spiro atoms. The van der Waals surface area contributed by atoms with Gasteiger partial charge in [-0.15, -0.1) is 0 Å². The third-order valence-electron chi connectivity index (χ3n) is 2.19. The molecule has 0 bridgehead atoms. The van der Waals surface area contributed by atoms with Crippen molar-refractivity contribution in [1.82, 2.24) is 0 Å². The molecular weight excluding hydrogens is 216 g/mol. The smallest absolute Gasteiger partial charge is 0.0701 e. The molecule has 0 aliphatic carbocycles. The molecule has 0 heterocycles. The Kier molecular flexibility index (Phi) is 9.79. The van der Waals surface area contributed by atoms with Gasteiger partial charge in [0.05, 0.1) is 26.4 Å². The van der Waals surface area contributed by atoms with Crippen LogP contribution in [0.25, 0.3) is 0 Å². The van der Waals surface area contributed by atoms with Gasteiger partial charge in [0, 0.05) is 13.2 Å². The summed E-state index contributed by atoms with van der Waals surface area (Å²) in [4.78, 5) is 0. The average molecular weight is 246 g/mol. The molecule has 0 aliphatic heterocycles. The van der Waals surface area contributed by atoms with Crippen molar-refractivity contribution in [1.29, 1.82) is 0 Å². The van der Waals surface area contributed by atoms with Gasteiger partial charge in [0.25, 0.3) is 0 Å². The van der Waals surface area contributed by atoms with Gasteiger partial charge in [-0.25, -0.2) is 0 Å². The predicted molar refractivity (Wildman–Crippen MR) is 71.4 cm³/mol. The molecule has 0 unspecified atom stereocenters. The van der Waals surface area contributed by atoms with Gasteiger partial charge in [-0.2, -0.15) is 0 Å². The quantitative estimate of drug-likeness (QED) is 0.554. The van der Waals surface area contributed by atoms with Gasteiger partial charge < -0.3 is 14.2 Å². The zero-order valence-electron chi connectivity index (χ0n) is 12.3. The summed E-state index contributed by atoms with van der Waals surface area (Å²) < 4.78 is 16.3. The van der Waals surface area contributed by atoms with Crippen molar-refractivity contribution in [3.63, 3.8) is 0 Å². The first-order valence-electron chi connectivity index (χ1n) is 6.65. The second-order valence-electron chi connectivity index (χ2n) is 6.00. The van der Waals surface area contributed by atoms with E-state index in [1.807, 2.05) is 0 Å². The standard InChI is InChI=1S/C14H30O3/c1-13(2)12-17-11-10-16-9-8-15-7-6-14(3,4)5/h13H,6-12H2,1-5H3. The molecule has 0 amide bonds. The Morgan fingerprint density at radius 1 is 0.765 bits per heavy atom. The first-order chi connectivity index (χ1) is 7.92. The highest BCUT2D eigenvalue weighted by molar-refractivity contribution is 4.59. The summed E-state index contributed by atoms with van der Waals surface area (Å²) in [5.41, 5.74) is 0.353. The third kappa shape index (κ3) is 15.9. The van der Waals surface area contributed by atoms with Crippen LogP contribution in [0.1, 0.15) is 41.0 Å². The van der Waals surface area contributed by atoms with E-state index in [1.54, 1.807) is 0 Å². The van der Waals surface area contributed by atoms with Crippen LogP contribution in [-0.4, -0.2) is 39.6 Å². The molecule has 0 N–H and O–H groups in total. The second kappa shape index (κ2) is 9.86. The van der Waals surface area contributed by atoms with Crippen LogP contribution >= 0.6 is 0 Å². The summed E-state index contributed by atoms with van der Waals surface area (Å²) in [6.07, 6.45) is 1.09. The number of ether oxygens (including phenoxy) is 3. The Morgan fingerprint density at radius 2 is 1.24 bits per heavy atom. The van der Waals surface area contributed by atoms with E-state index in [-0.39, 0.29) is 0 Å². The number of hydrogen-bond acceptors (Lipinski definition) is 3. The van der Waals surface area contributed by atoms with E-state index in [0.29, 0.717) is 37.8 Å². The normalized spacial score (nSPS) is 12.4. The van der Waals surface area contributed by atoms with E-state index in [9.17, 15) is 0 Å². The molecular formula is C14H30O3.